The van der Waals surface area contributed by atoms with Gasteiger partial charge in [-0.2, -0.15) is 0 Å². The quantitative estimate of drug-likeness (QED) is 0.768. The van der Waals surface area contributed by atoms with Crippen molar-refractivity contribution in [2.45, 2.75) is 26.7 Å². The third-order valence-electron chi connectivity index (χ3n) is 3.07. The number of halogens is 1. The molecule has 0 atom stereocenters. The van der Waals surface area contributed by atoms with Crippen molar-refractivity contribution in [2.24, 2.45) is 0 Å². The molecule has 0 fully saturated rings. The van der Waals surface area contributed by atoms with Crippen LogP contribution in [-0.2, 0) is 22.4 Å². The molecule has 5 nitrogen and oxygen atoms in total. The molecule has 2 aromatic rings. The van der Waals surface area contributed by atoms with Crippen LogP contribution in [0.3, 0.4) is 0 Å². The lowest BCUT2D eigenvalue weighted by Gasteiger charge is -2.11. The van der Waals surface area contributed by atoms with E-state index in [2.05, 4.69) is 4.98 Å². The normalized spacial score (nSPS) is 10.5. The summed E-state index contributed by atoms with van der Waals surface area (Å²) in [6, 6.07) is 3.09. The molecule has 0 aliphatic rings. The lowest BCUT2D eigenvalue weighted by atomic mass is 10.0. The Morgan fingerprint density at radius 3 is 2.77 bits per heavy atom. The highest BCUT2D eigenvalue weighted by Crippen LogP contribution is 2.26. The van der Waals surface area contributed by atoms with E-state index >= 15 is 0 Å². The maximum absolute atomic E-state index is 14.1. The first-order chi connectivity index (χ1) is 10.5. The Labute approximate surface area is 128 Å². The molecule has 0 aliphatic heterocycles. The second kappa shape index (κ2) is 7.06. The highest BCUT2D eigenvalue weighted by molar-refractivity contribution is 5.73. The molecule has 2 rings (SSSR count). The highest BCUT2D eigenvalue weighted by Gasteiger charge is 2.16. The number of esters is 1. The topological polar surface area (TPSA) is 61.6 Å². The molecule has 118 valence electrons. The molecular formula is C16H18FNO4. The first-order valence-corrected chi connectivity index (χ1v) is 6.95. The Morgan fingerprint density at radius 2 is 2.18 bits per heavy atom. The molecule has 0 unspecified atom stereocenters. The van der Waals surface area contributed by atoms with E-state index in [9.17, 15) is 9.18 Å². The molecule has 6 heteroatoms. The fraction of sp³-hybridized carbons (Fsp3) is 0.375. The fourth-order valence-corrected chi connectivity index (χ4v) is 2.23. The van der Waals surface area contributed by atoms with Gasteiger partial charge >= 0.3 is 5.97 Å². The standard InChI is InChI=1S/C16H18FNO4/c1-4-21-15(19)8-12-5-11(7-14(17)16(12)20-3)6-13-9-18-10(2)22-13/h5,7,9H,4,6,8H2,1-3H3. The summed E-state index contributed by atoms with van der Waals surface area (Å²) in [4.78, 5) is 15.6. The van der Waals surface area contributed by atoms with Crippen molar-refractivity contribution in [2.75, 3.05) is 13.7 Å². The van der Waals surface area contributed by atoms with Crippen LogP contribution in [-0.4, -0.2) is 24.7 Å². The zero-order chi connectivity index (χ0) is 16.1. The number of ether oxygens (including phenoxy) is 2. The van der Waals surface area contributed by atoms with Gasteiger partial charge in [0, 0.05) is 18.9 Å². The van der Waals surface area contributed by atoms with Gasteiger partial charge in [0.1, 0.15) is 5.76 Å². The first-order valence-electron chi connectivity index (χ1n) is 6.95. The van der Waals surface area contributed by atoms with Gasteiger partial charge in [-0.1, -0.05) is 6.07 Å². The van der Waals surface area contributed by atoms with E-state index in [4.69, 9.17) is 13.9 Å². The van der Waals surface area contributed by atoms with E-state index in [1.54, 1.807) is 26.1 Å². The molecule has 0 aliphatic carbocycles. The van der Waals surface area contributed by atoms with Gasteiger partial charge in [0.25, 0.3) is 0 Å². The van der Waals surface area contributed by atoms with Gasteiger partial charge in [-0.3, -0.25) is 4.79 Å². The van der Waals surface area contributed by atoms with Gasteiger partial charge in [0.15, 0.2) is 17.5 Å². The van der Waals surface area contributed by atoms with Gasteiger partial charge in [0.2, 0.25) is 0 Å². The average molecular weight is 307 g/mol. The molecular weight excluding hydrogens is 289 g/mol. The van der Waals surface area contributed by atoms with E-state index < -0.39 is 11.8 Å². The van der Waals surface area contributed by atoms with Gasteiger partial charge in [0.05, 0.1) is 26.3 Å². The van der Waals surface area contributed by atoms with Crippen LogP contribution in [0.4, 0.5) is 4.39 Å². The predicted molar refractivity (Wildman–Crippen MR) is 77.3 cm³/mol. The van der Waals surface area contributed by atoms with Crippen LogP contribution in [0.2, 0.25) is 0 Å². The summed E-state index contributed by atoms with van der Waals surface area (Å²) in [5.74, 6) is 0.300. The maximum atomic E-state index is 14.1. The summed E-state index contributed by atoms with van der Waals surface area (Å²) in [6.07, 6.45) is 1.94. The molecule has 0 saturated carbocycles. The molecule has 0 amide bonds. The monoisotopic (exact) mass is 307 g/mol. The molecule has 0 radical (unpaired) electrons. The van der Waals surface area contributed by atoms with Gasteiger partial charge in [-0.15, -0.1) is 0 Å². The number of rotatable bonds is 6. The second-order valence-electron chi connectivity index (χ2n) is 4.77. The van der Waals surface area contributed by atoms with Crippen LogP contribution >= 0.6 is 0 Å². The predicted octanol–water partition coefficient (Wildman–Crippen LogP) is 2.83. The zero-order valence-electron chi connectivity index (χ0n) is 12.8. The number of carbonyl (C=O) groups is 1. The Bertz CT molecular complexity index is 666. The fourth-order valence-electron chi connectivity index (χ4n) is 2.23. The number of carbonyl (C=O) groups excluding carboxylic acids is 1. The van der Waals surface area contributed by atoms with E-state index in [0.29, 0.717) is 29.2 Å². The smallest absolute Gasteiger partial charge is 0.310 e. The van der Waals surface area contributed by atoms with Gasteiger partial charge in [-0.25, -0.2) is 9.37 Å². The minimum Gasteiger partial charge on any atom is -0.493 e. The molecule has 1 aromatic heterocycles. The first kappa shape index (κ1) is 16.0. The summed E-state index contributed by atoms with van der Waals surface area (Å²) < 4.78 is 29.5. The van der Waals surface area contributed by atoms with Crippen LogP contribution in [0.5, 0.6) is 5.75 Å². The highest BCUT2D eigenvalue weighted by atomic mass is 19.1. The molecule has 22 heavy (non-hydrogen) atoms. The van der Waals surface area contributed by atoms with E-state index in [1.165, 1.54) is 13.2 Å². The van der Waals surface area contributed by atoms with Crippen LogP contribution in [0.25, 0.3) is 0 Å². The van der Waals surface area contributed by atoms with Crippen LogP contribution in [0.15, 0.2) is 22.7 Å². The SMILES string of the molecule is CCOC(=O)Cc1cc(Cc2cnc(C)o2)cc(F)c1OC. The summed E-state index contributed by atoms with van der Waals surface area (Å²) >= 11 is 0. The van der Waals surface area contributed by atoms with Gasteiger partial charge in [-0.05, 0) is 18.6 Å². The third kappa shape index (κ3) is 3.84. The number of benzene rings is 1. The van der Waals surface area contributed by atoms with Crippen molar-refractivity contribution in [1.29, 1.82) is 0 Å². The molecule has 0 saturated heterocycles. The molecule has 1 heterocycles. The Hall–Kier alpha value is -2.37. The van der Waals surface area contributed by atoms with Crippen molar-refractivity contribution in [3.8, 4) is 5.75 Å². The number of hydrogen-bond acceptors (Lipinski definition) is 5. The number of methoxy groups -OCH3 is 1. The van der Waals surface area contributed by atoms with E-state index in [0.717, 1.165) is 0 Å². The zero-order valence-corrected chi connectivity index (χ0v) is 12.8. The number of aryl methyl sites for hydroxylation is 1. The average Bonchev–Trinajstić information content (AvgIpc) is 2.84. The second-order valence-corrected chi connectivity index (χ2v) is 4.77. The molecule has 0 N–H and O–H groups in total. The van der Waals surface area contributed by atoms with Crippen LogP contribution in [0, 0.1) is 12.7 Å². The van der Waals surface area contributed by atoms with Gasteiger partial charge < -0.3 is 13.9 Å². The van der Waals surface area contributed by atoms with Crippen molar-refractivity contribution in [3.05, 3.63) is 46.9 Å². The Balaban J connectivity index is 2.28. The van der Waals surface area contributed by atoms with Crippen molar-refractivity contribution in [1.82, 2.24) is 4.98 Å². The minimum atomic E-state index is -0.518. The van der Waals surface area contributed by atoms with Crippen LogP contribution < -0.4 is 4.74 Å². The number of aromatic nitrogens is 1. The molecule has 0 spiro atoms. The van der Waals surface area contributed by atoms with E-state index in [-0.39, 0.29) is 18.8 Å². The van der Waals surface area contributed by atoms with Crippen molar-refractivity contribution < 1.29 is 23.1 Å². The minimum absolute atomic E-state index is 0.0444. The Morgan fingerprint density at radius 1 is 1.41 bits per heavy atom. The third-order valence-corrected chi connectivity index (χ3v) is 3.07. The molecule has 1 aromatic carbocycles. The van der Waals surface area contributed by atoms with Crippen molar-refractivity contribution in [3.63, 3.8) is 0 Å². The summed E-state index contributed by atoms with van der Waals surface area (Å²) in [5, 5.41) is 0. The largest absolute Gasteiger partial charge is 0.493 e. The summed E-state index contributed by atoms with van der Waals surface area (Å²) in [7, 11) is 1.37. The lowest BCUT2D eigenvalue weighted by Crippen LogP contribution is -2.10. The number of hydrogen-bond donors (Lipinski definition) is 0. The number of oxazole rings is 1. The lowest BCUT2D eigenvalue weighted by molar-refractivity contribution is -0.142. The summed E-state index contributed by atoms with van der Waals surface area (Å²) in [6.45, 7) is 3.74. The molecule has 0 bridgehead atoms. The van der Waals surface area contributed by atoms with Crippen molar-refractivity contribution >= 4 is 5.97 Å². The van der Waals surface area contributed by atoms with Crippen LogP contribution in [0.1, 0.15) is 29.7 Å². The maximum Gasteiger partial charge on any atom is 0.310 e. The van der Waals surface area contributed by atoms with E-state index in [1.807, 2.05) is 0 Å². The summed E-state index contributed by atoms with van der Waals surface area (Å²) in [5.41, 5.74) is 1.13. The number of nitrogens with zero attached hydrogens (tertiary/aromatic N) is 1. The Kier molecular flexibility index (Phi) is 5.14.